The zero-order chi connectivity index (χ0) is 13.3. The van der Waals surface area contributed by atoms with E-state index in [9.17, 15) is 4.79 Å². The smallest absolute Gasteiger partial charge is 0.224 e. The predicted octanol–water partition coefficient (Wildman–Crippen LogP) is 2.60. The molecule has 0 aromatic heterocycles. The van der Waals surface area contributed by atoms with Crippen LogP contribution < -0.4 is 5.73 Å². The molecule has 18 heavy (non-hydrogen) atoms. The van der Waals surface area contributed by atoms with E-state index in [0.29, 0.717) is 17.4 Å². The van der Waals surface area contributed by atoms with Crippen molar-refractivity contribution in [1.82, 2.24) is 4.90 Å². The van der Waals surface area contributed by atoms with Crippen molar-refractivity contribution in [2.75, 3.05) is 6.54 Å². The van der Waals surface area contributed by atoms with E-state index in [1.54, 1.807) is 0 Å². The van der Waals surface area contributed by atoms with Gasteiger partial charge in [0.2, 0.25) is 5.91 Å². The Kier molecular flexibility index (Phi) is 3.93. The summed E-state index contributed by atoms with van der Waals surface area (Å²) in [6.07, 6.45) is 0.431. The van der Waals surface area contributed by atoms with E-state index >= 15 is 0 Å². The van der Waals surface area contributed by atoms with Crippen molar-refractivity contribution < 1.29 is 4.79 Å². The van der Waals surface area contributed by atoms with E-state index in [2.05, 4.69) is 13.8 Å². The number of amides is 1. The van der Waals surface area contributed by atoms with Crippen LogP contribution in [-0.4, -0.2) is 23.4 Å². The predicted molar refractivity (Wildman–Crippen MR) is 73.3 cm³/mol. The molecule has 0 aliphatic carbocycles. The highest BCUT2D eigenvalue weighted by atomic mass is 35.5. The minimum absolute atomic E-state index is 0.0165. The number of hydrogen-bond acceptors (Lipinski definition) is 2. The van der Waals surface area contributed by atoms with Gasteiger partial charge in [-0.1, -0.05) is 37.6 Å². The number of halogens is 1. The Morgan fingerprint density at radius 3 is 2.56 bits per heavy atom. The summed E-state index contributed by atoms with van der Waals surface area (Å²) in [6.45, 7) is 4.96. The maximum Gasteiger partial charge on any atom is 0.224 e. The minimum atomic E-state index is -0.127. The number of benzene rings is 1. The number of hydrogen-bond donors (Lipinski definition) is 1. The monoisotopic (exact) mass is 266 g/mol. The largest absolute Gasteiger partial charge is 0.334 e. The molecule has 0 saturated carbocycles. The number of nitrogens with zero attached hydrogens (tertiary/aromatic N) is 1. The zero-order valence-electron chi connectivity index (χ0n) is 10.8. The van der Waals surface area contributed by atoms with Crippen LogP contribution in [0.4, 0.5) is 0 Å². The molecule has 1 fully saturated rings. The average Bonchev–Trinajstić information content (AvgIpc) is 2.55. The van der Waals surface area contributed by atoms with Crippen molar-refractivity contribution in [3.8, 4) is 0 Å². The molecule has 4 heteroatoms. The summed E-state index contributed by atoms with van der Waals surface area (Å²) in [5.74, 6) is 0.588. The van der Waals surface area contributed by atoms with Gasteiger partial charge in [-0.3, -0.25) is 4.79 Å². The zero-order valence-corrected chi connectivity index (χ0v) is 11.5. The fraction of sp³-hybridized carbons (Fsp3) is 0.500. The summed E-state index contributed by atoms with van der Waals surface area (Å²) in [4.78, 5) is 13.9. The molecule has 2 N–H and O–H groups in total. The first-order valence-corrected chi connectivity index (χ1v) is 6.67. The summed E-state index contributed by atoms with van der Waals surface area (Å²) in [5, 5.41) is 0.701. The highest BCUT2D eigenvalue weighted by molar-refractivity contribution is 6.30. The average molecular weight is 267 g/mol. The highest BCUT2D eigenvalue weighted by Gasteiger charge is 2.38. The number of carbonyl (C=O) groups excluding carboxylic acids is 1. The Morgan fingerprint density at radius 2 is 2.00 bits per heavy atom. The third-order valence-electron chi connectivity index (χ3n) is 3.25. The van der Waals surface area contributed by atoms with Gasteiger partial charge in [-0.15, -0.1) is 0 Å². The van der Waals surface area contributed by atoms with Gasteiger partial charge in [-0.25, -0.2) is 0 Å². The van der Waals surface area contributed by atoms with Gasteiger partial charge in [0, 0.05) is 24.0 Å². The molecule has 1 heterocycles. The maximum atomic E-state index is 12.0. The molecule has 98 valence electrons. The van der Waals surface area contributed by atoms with E-state index in [0.717, 1.165) is 12.1 Å². The first kappa shape index (κ1) is 13.4. The van der Waals surface area contributed by atoms with Crippen molar-refractivity contribution in [2.24, 2.45) is 11.7 Å². The number of carbonyl (C=O) groups is 1. The molecule has 0 radical (unpaired) electrons. The third-order valence-corrected chi connectivity index (χ3v) is 3.50. The van der Waals surface area contributed by atoms with Crippen LogP contribution in [0.2, 0.25) is 5.02 Å². The van der Waals surface area contributed by atoms with Crippen LogP contribution in [0.3, 0.4) is 0 Å². The standard InChI is InChI=1S/C14H19ClN2O/c1-9(2)8-17-13(18)7-12(16)14(17)10-3-5-11(15)6-4-10/h3-6,9,12,14H,7-8,16H2,1-2H3. The van der Waals surface area contributed by atoms with Crippen molar-refractivity contribution in [2.45, 2.75) is 32.4 Å². The van der Waals surface area contributed by atoms with Gasteiger partial charge >= 0.3 is 0 Å². The lowest BCUT2D eigenvalue weighted by atomic mass is 10.0. The minimum Gasteiger partial charge on any atom is -0.334 e. The Bertz CT molecular complexity index is 430. The van der Waals surface area contributed by atoms with E-state index < -0.39 is 0 Å². The molecule has 2 unspecified atom stereocenters. The van der Waals surface area contributed by atoms with Crippen LogP contribution in [0.25, 0.3) is 0 Å². The number of nitrogens with two attached hydrogens (primary N) is 1. The molecule has 1 aromatic rings. The second kappa shape index (κ2) is 5.29. The summed E-state index contributed by atoms with van der Waals surface area (Å²) in [5.41, 5.74) is 7.18. The van der Waals surface area contributed by atoms with Crippen LogP contribution in [0.1, 0.15) is 31.9 Å². The van der Waals surface area contributed by atoms with Gasteiger partial charge in [0.25, 0.3) is 0 Å². The van der Waals surface area contributed by atoms with Crippen molar-refractivity contribution in [3.05, 3.63) is 34.9 Å². The number of rotatable bonds is 3. The third kappa shape index (κ3) is 2.68. The number of likely N-dealkylation sites (tertiary alicyclic amines) is 1. The molecule has 1 saturated heterocycles. The Hall–Kier alpha value is -1.06. The molecular weight excluding hydrogens is 248 g/mol. The van der Waals surface area contributed by atoms with Crippen molar-refractivity contribution >= 4 is 17.5 Å². The van der Waals surface area contributed by atoms with Crippen LogP contribution in [0, 0.1) is 5.92 Å². The molecule has 2 rings (SSSR count). The van der Waals surface area contributed by atoms with Crippen LogP contribution in [0.15, 0.2) is 24.3 Å². The molecule has 0 spiro atoms. The molecule has 1 aliphatic heterocycles. The maximum absolute atomic E-state index is 12.0. The van der Waals surface area contributed by atoms with Gasteiger partial charge in [-0.05, 0) is 23.6 Å². The molecule has 1 amide bonds. The normalized spacial score (nSPS) is 24.1. The lowest BCUT2D eigenvalue weighted by Crippen LogP contribution is -2.35. The topological polar surface area (TPSA) is 46.3 Å². The Morgan fingerprint density at radius 1 is 1.39 bits per heavy atom. The Balaban J connectivity index is 2.27. The summed E-state index contributed by atoms with van der Waals surface area (Å²) in [6, 6.07) is 7.46. The first-order chi connectivity index (χ1) is 8.49. The van der Waals surface area contributed by atoms with Crippen LogP contribution in [-0.2, 0) is 4.79 Å². The van der Waals surface area contributed by atoms with Gasteiger partial charge in [0.1, 0.15) is 0 Å². The summed E-state index contributed by atoms with van der Waals surface area (Å²) in [7, 11) is 0. The fourth-order valence-corrected chi connectivity index (χ4v) is 2.64. The molecule has 1 aliphatic rings. The molecular formula is C14H19ClN2O. The van der Waals surface area contributed by atoms with Crippen molar-refractivity contribution in [1.29, 1.82) is 0 Å². The van der Waals surface area contributed by atoms with Crippen molar-refractivity contribution in [3.63, 3.8) is 0 Å². The van der Waals surface area contributed by atoms with Crippen LogP contribution >= 0.6 is 11.6 Å². The lowest BCUT2D eigenvalue weighted by molar-refractivity contribution is -0.129. The summed E-state index contributed by atoms with van der Waals surface area (Å²) >= 11 is 5.89. The molecule has 1 aromatic carbocycles. The van der Waals surface area contributed by atoms with E-state index in [1.807, 2.05) is 29.2 Å². The van der Waals surface area contributed by atoms with Crippen LogP contribution in [0.5, 0.6) is 0 Å². The second-order valence-corrected chi connectivity index (χ2v) is 5.74. The van der Waals surface area contributed by atoms with E-state index in [1.165, 1.54) is 0 Å². The van der Waals surface area contributed by atoms with E-state index in [-0.39, 0.29) is 18.0 Å². The SMILES string of the molecule is CC(C)CN1C(=O)CC(N)C1c1ccc(Cl)cc1. The van der Waals surface area contributed by atoms with Gasteiger partial charge in [-0.2, -0.15) is 0 Å². The quantitative estimate of drug-likeness (QED) is 0.914. The highest BCUT2D eigenvalue weighted by Crippen LogP contribution is 2.33. The lowest BCUT2D eigenvalue weighted by Gasteiger charge is -2.28. The van der Waals surface area contributed by atoms with Gasteiger partial charge in [0.05, 0.1) is 6.04 Å². The summed E-state index contributed by atoms with van der Waals surface area (Å²) < 4.78 is 0. The Labute approximate surface area is 113 Å². The molecule has 0 bridgehead atoms. The van der Waals surface area contributed by atoms with Gasteiger partial charge < -0.3 is 10.6 Å². The molecule has 3 nitrogen and oxygen atoms in total. The fourth-order valence-electron chi connectivity index (χ4n) is 2.51. The first-order valence-electron chi connectivity index (χ1n) is 6.29. The van der Waals surface area contributed by atoms with Gasteiger partial charge in [0.15, 0.2) is 0 Å². The molecule has 2 atom stereocenters. The second-order valence-electron chi connectivity index (χ2n) is 5.30. The van der Waals surface area contributed by atoms with E-state index in [4.69, 9.17) is 17.3 Å².